The summed E-state index contributed by atoms with van der Waals surface area (Å²) in [6, 6.07) is 2.11. The molecule has 84 valence electrons. The van der Waals surface area contributed by atoms with Crippen LogP contribution >= 0.6 is 11.3 Å². The second-order valence-electron chi connectivity index (χ2n) is 4.54. The van der Waals surface area contributed by atoms with Crippen molar-refractivity contribution in [3.05, 3.63) is 33.5 Å². The van der Waals surface area contributed by atoms with Gasteiger partial charge in [-0.15, -0.1) is 11.3 Å². The van der Waals surface area contributed by atoms with Gasteiger partial charge in [0, 0.05) is 17.0 Å². The minimum Gasteiger partial charge on any atom is -0.264 e. The third-order valence-corrected chi connectivity index (χ3v) is 3.97. The monoisotopic (exact) mass is 233 g/mol. The van der Waals surface area contributed by atoms with Crippen molar-refractivity contribution in [3.63, 3.8) is 0 Å². The molecule has 0 aliphatic heterocycles. The number of hydrogen-bond acceptors (Lipinski definition) is 3. The molecule has 0 atom stereocenters. The zero-order valence-electron chi connectivity index (χ0n) is 9.60. The Bertz CT molecular complexity index is 508. The molecule has 3 nitrogen and oxygen atoms in total. The molecule has 0 aromatic carbocycles. The van der Waals surface area contributed by atoms with E-state index in [1.54, 1.807) is 11.3 Å². The summed E-state index contributed by atoms with van der Waals surface area (Å²) in [7, 11) is 0. The Hall–Kier alpha value is -1.16. The van der Waals surface area contributed by atoms with Crippen molar-refractivity contribution in [1.82, 2.24) is 14.8 Å². The summed E-state index contributed by atoms with van der Waals surface area (Å²) in [6.07, 6.45) is 2.65. The third kappa shape index (κ3) is 1.89. The van der Waals surface area contributed by atoms with Crippen LogP contribution in [0.4, 0.5) is 0 Å². The molecule has 0 amide bonds. The van der Waals surface area contributed by atoms with E-state index >= 15 is 0 Å². The van der Waals surface area contributed by atoms with Crippen LogP contribution in [0.25, 0.3) is 0 Å². The van der Waals surface area contributed by atoms with Gasteiger partial charge in [-0.05, 0) is 32.8 Å². The molecule has 4 heteroatoms. The molecule has 16 heavy (non-hydrogen) atoms. The van der Waals surface area contributed by atoms with E-state index in [0.717, 1.165) is 23.9 Å². The largest absolute Gasteiger partial charge is 0.264 e. The molecule has 0 N–H and O–H groups in total. The van der Waals surface area contributed by atoms with Crippen LogP contribution in [0.2, 0.25) is 0 Å². The Balaban J connectivity index is 1.79. The highest BCUT2D eigenvalue weighted by molar-refractivity contribution is 7.09. The van der Waals surface area contributed by atoms with Gasteiger partial charge in [0.05, 0.1) is 22.9 Å². The minimum absolute atomic E-state index is 0.763. The molecule has 1 aliphatic rings. The standard InChI is InChI=1S/C12H15N3S/c1-8-5-9(2)15(14-8)6-11-7-16-12(13-11)10-3-4-10/h5,7,10H,3-4,6H2,1-2H3. The van der Waals surface area contributed by atoms with Gasteiger partial charge >= 0.3 is 0 Å². The smallest absolute Gasteiger partial charge is 0.0960 e. The summed E-state index contributed by atoms with van der Waals surface area (Å²) in [5.74, 6) is 0.763. The van der Waals surface area contributed by atoms with Crippen molar-refractivity contribution in [2.75, 3.05) is 0 Å². The Morgan fingerprint density at radius 1 is 1.44 bits per heavy atom. The van der Waals surface area contributed by atoms with E-state index < -0.39 is 0 Å². The van der Waals surface area contributed by atoms with Crippen molar-refractivity contribution in [2.24, 2.45) is 0 Å². The predicted octanol–water partition coefficient (Wildman–Crippen LogP) is 2.88. The van der Waals surface area contributed by atoms with Crippen LogP contribution in [0.5, 0.6) is 0 Å². The van der Waals surface area contributed by atoms with Crippen LogP contribution in [0.3, 0.4) is 0 Å². The van der Waals surface area contributed by atoms with Crippen molar-refractivity contribution in [2.45, 2.75) is 39.2 Å². The number of hydrogen-bond donors (Lipinski definition) is 0. The maximum atomic E-state index is 4.68. The summed E-state index contributed by atoms with van der Waals surface area (Å²) in [6.45, 7) is 4.93. The average Bonchev–Trinajstić information content (AvgIpc) is 2.91. The maximum absolute atomic E-state index is 4.68. The zero-order valence-corrected chi connectivity index (χ0v) is 10.4. The van der Waals surface area contributed by atoms with Gasteiger partial charge in [0.1, 0.15) is 0 Å². The van der Waals surface area contributed by atoms with Gasteiger partial charge in [-0.1, -0.05) is 0 Å². The van der Waals surface area contributed by atoms with E-state index in [0.29, 0.717) is 0 Å². The van der Waals surface area contributed by atoms with Crippen LogP contribution in [-0.4, -0.2) is 14.8 Å². The molecule has 3 rings (SSSR count). The first kappa shape index (κ1) is 10.0. The van der Waals surface area contributed by atoms with Gasteiger partial charge in [-0.2, -0.15) is 5.10 Å². The molecule has 1 fully saturated rings. The molecular formula is C12H15N3S. The van der Waals surface area contributed by atoms with E-state index in [1.165, 1.54) is 23.5 Å². The highest BCUT2D eigenvalue weighted by Crippen LogP contribution is 2.41. The zero-order chi connectivity index (χ0) is 11.1. The fraction of sp³-hybridized carbons (Fsp3) is 0.500. The Morgan fingerprint density at radius 3 is 2.88 bits per heavy atom. The van der Waals surface area contributed by atoms with Crippen LogP contribution in [0.1, 0.15) is 40.8 Å². The van der Waals surface area contributed by atoms with Crippen molar-refractivity contribution in [1.29, 1.82) is 0 Å². The molecule has 2 aromatic heterocycles. The summed E-state index contributed by atoms with van der Waals surface area (Å²) < 4.78 is 2.03. The van der Waals surface area contributed by atoms with Gasteiger partial charge < -0.3 is 0 Å². The lowest BCUT2D eigenvalue weighted by atomic mass is 10.4. The van der Waals surface area contributed by atoms with Gasteiger partial charge in [-0.3, -0.25) is 4.68 Å². The molecular weight excluding hydrogens is 218 g/mol. The predicted molar refractivity (Wildman–Crippen MR) is 64.9 cm³/mol. The number of aryl methyl sites for hydroxylation is 2. The molecule has 1 saturated carbocycles. The number of thiazole rings is 1. The highest BCUT2D eigenvalue weighted by Gasteiger charge is 2.26. The minimum atomic E-state index is 0.763. The third-order valence-electron chi connectivity index (χ3n) is 2.91. The van der Waals surface area contributed by atoms with Gasteiger partial charge in [-0.25, -0.2) is 4.98 Å². The topological polar surface area (TPSA) is 30.7 Å². The number of nitrogens with zero attached hydrogens (tertiary/aromatic N) is 3. The Kier molecular flexibility index (Phi) is 2.32. The lowest BCUT2D eigenvalue weighted by molar-refractivity contribution is 0.648. The maximum Gasteiger partial charge on any atom is 0.0960 e. The van der Waals surface area contributed by atoms with E-state index in [9.17, 15) is 0 Å². The Morgan fingerprint density at radius 2 is 2.25 bits per heavy atom. The SMILES string of the molecule is Cc1cc(C)n(Cc2csc(C3CC3)n2)n1. The van der Waals surface area contributed by atoms with Crippen molar-refractivity contribution < 1.29 is 0 Å². The van der Waals surface area contributed by atoms with Gasteiger partial charge in [0.25, 0.3) is 0 Å². The highest BCUT2D eigenvalue weighted by atomic mass is 32.1. The fourth-order valence-electron chi connectivity index (χ4n) is 1.90. The molecule has 0 bridgehead atoms. The van der Waals surface area contributed by atoms with Crippen LogP contribution in [0.15, 0.2) is 11.4 Å². The number of aromatic nitrogens is 3. The van der Waals surface area contributed by atoms with Crippen LogP contribution < -0.4 is 0 Å². The van der Waals surface area contributed by atoms with Crippen LogP contribution in [-0.2, 0) is 6.54 Å². The van der Waals surface area contributed by atoms with Gasteiger partial charge in [0.2, 0.25) is 0 Å². The molecule has 0 radical (unpaired) electrons. The first-order chi connectivity index (χ1) is 7.72. The summed E-state index contributed by atoms with van der Waals surface area (Å²) >= 11 is 1.80. The molecule has 2 heterocycles. The molecule has 2 aromatic rings. The first-order valence-electron chi connectivity index (χ1n) is 5.68. The lowest BCUT2D eigenvalue weighted by Crippen LogP contribution is -2.04. The first-order valence-corrected chi connectivity index (χ1v) is 6.55. The molecule has 0 saturated heterocycles. The van der Waals surface area contributed by atoms with E-state index in [2.05, 4.69) is 28.5 Å². The molecule has 0 unspecified atom stereocenters. The second-order valence-corrected chi connectivity index (χ2v) is 5.43. The normalized spacial score (nSPS) is 15.6. The van der Waals surface area contributed by atoms with Gasteiger partial charge in [0.15, 0.2) is 0 Å². The van der Waals surface area contributed by atoms with E-state index in [-0.39, 0.29) is 0 Å². The second kappa shape index (κ2) is 3.70. The van der Waals surface area contributed by atoms with Crippen molar-refractivity contribution >= 4 is 11.3 Å². The Labute approximate surface area is 99.1 Å². The molecule has 1 aliphatic carbocycles. The molecule has 0 spiro atoms. The van der Waals surface area contributed by atoms with E-state index in [1.807, 2.05) is 11.6 Å². The van der Waals surface area contributed by atoms with Crippen molar-refractivity contribution in [3.8, 4) is 0 Å². The summed E-state index contributed by atoms with van der Waals surface area (Å²) in [5, 5.41) is 7.94. The van der Waals surface area contributed by atoms with Crippen LogP contribution in [0, 0.1) is 13.8 Å². The fourth-order valence-corrected chi connectivity index (χ4v) is 2.88. The van der Waals surface area contributed by atoms with E-state index in [4.69, 9.17) is 0 Å². The summed E-state index contributed by atoms with van der Waals surface area (Å²) in [5.41, 5.74) is 3.44. The summed E-state index contributed by atoms with van der Waals surface area (Å²) in [4.78, 5) is 4.68. The lowest BCUT2D eigenvalue weighted by Gasteiger charge is -2.00. The number of rotatable bonds is 3. The average molecular weight is 233 g/mol. The quantitative estimate of drug-likeness (QED) is 0.816.